The fraction of sp³-hybridized carbons (Fsp3) is 0.429. The molecule has 4 aromatic rings. The van der Waals surface area contributed by atoms with E-state index in [-0.39, 0.29) is 23.0 Å². The lowest BCUT2D eigenvalue weighted by atomic mass is 10.0. The van der Waals surface area contributed by atoms with E-state index in [0.29, 0.717) is 55.3 Å². The van der Waals surface area contributed by atoms with Crippen LogP contribution in [0.25, 0.3) is 10.9 Å². The molecule has 1 aliphatic heterocycles. The van der Waals surface area contributed by atoms with E-state index in [1.54, 1.807) is 18.2 Å². The number of hydrogen-bond donors (Lipinski definition) is 1. The average Bonchev–Trinajstić information content (AvgIpc) is 3.40. The van der Waals surface area contributed by atoms with Crippen LogP contribution in [0.15, 0.2) is 47.3 Å². The zero-order chi connectivity index (χ0) is 26.9. The van der Waals surface area contributed by atoms with Crippen molar-refractivity contribution >= 4 is 10.9 Å². The molecule has 200 valence electrons. The highest BCUT2D eigenvalue weighted by atomic mass is 19.1. The number of H-pyrrole nitrogens is 1. The maximum atomic E-state index is 13.7. The Hall–Kier alpha value is -3.79. The first-order valence-electron chi connectivity index (χ1n) is 13.0. The number of hydrogen-bond acceptors (Lipinski definition) is 7. The van der Waals surface area contributed by atoms with Crippen LogP contribution in [0.2, 0.25) is 0 Å². The highest BCUT2D eigenvalue weighted by Crippen LogP contribution is 2.34. The molecule has 2 aromatic carbocycles. The molecular formula is C28H33FN6O3. The Morgan fingerprint density at radius 1 is 1.08 bits per heavy atom. The first-order valence-corrected chi connectivity index (χ1v) is 13.0. The average molecular weight is 521 g/mol. The molecule has 0 spiro atoms. The maximum absolute atomic E-state index is 13.7. The molecule has 0 fully saturated rings. The normalized spacial score (nSPS) is 14.3. The second-order valence-electron chi connectivity index (χ2n) is 10.3. The van der Waals surface area contributed by atoms with Crippen molar-refractivity contribution in [2.75, 3.05) is 13.2 Å². The minimum Gasteiger partial charge on any atom is -0.486 e. The minimum atomic E-state index is -0.290. The lowest BCUT2D eigenvalue weighted by Gasteiger charge is -2.33. The number of aromatic amines is 1. The minimum absolute atomic E-state index is 0.179. The predicted molar refractivity (Wildman–Crippen MR) is 142 cm³/mol. The van der Waals surface area contributed by atoms with Crippen LogP contribution in [0.4, 0.5) is 4.39 Å². The van der Waals surface area contributed by atoms with Crippen molar-refractivity contribution in [2.45, 2.75) is 65.2 Å². The number of halogens is 1. The van der Waals surface area contributed by atoms with Crippen molar-refractivity contribution < 1.29 is 13.9 Å². The largest absolute Gasteiger partial charge is 0.486 e. The summed E-state index contributed by atoms with van der Waals surface area (Å²) in [5, 5.41) is 13.6. The molecule has 2 aromatic heterocycles. The number of rotatable bonds is 9. The van der Waals surface area contributed by atoms with Crippen LogP contribution >= 0.6 is 0 Å². The zero-order valence-electron chi connectivity index (χ0n) is 22.2. The van der Waals surface area contributed by atoms with Gasteiger partial charge in [-0.3, -0.25) is 9.69 Å². The quantitative estimate of drug-likeness (QED) is 0.341. The van der Waals surface area contributed by atoms with Crippen molar-refractivity contribution in [1.29, 1.82) is 0 Å². The van der Waals surface area contributed by atoms with Crippen molar-refractivity contribution in [3.8, 4) is 11.5 Å². The van der Waals surface area contributed by atoms with Crippen LogP contribution in [0.1, 0.15) is 63.5 Å². The third-order valence-electron chi connectivity index (χ3n) is 7.31. The Balaban J connectivity index is 1.55. The summed E-state index contributed by atoms with van der Waals surface area (Å²) in [5.41, 5.74) is 1.75. The van der Waals surface area contributed by atoms with Gasteiger partial charge in [0.1, 0.15) is 19.0 Å². The van der Waals surface area contributed by atoms with Crippen LogP contribution in [-0.4, -0.2) is 43.3 Å². The van der Waals surface area contributed by atoms with Crippen molar-refractivity contribution in [2.24, 2.45) is 0 Å². The van der Waals surface area contributed by atoms with Gasteiger partial charge in [-0.2, -0.15) is 0 Å². The van der Waals surface area contributed by atoms with Gasteiger partial charge in [-0.25, -0.2) is 9.07 Å². The smallest absolute Gasteiger partial charge is 0.252 e. The summed E-state index contributed by atoms with van der Waals surface area (Å²) >= 11 is 0. The van der Waals surface area contributed by atoms with E-state index < -0.39 is 0 Å². The molecule has 3 heterocycles. The molecule has 0 aliphatic carbocycles. The van der Waals surface area contributed by atoms with Gasteiger partial charge < -0.3 is 14.5 Å². The molecule has 0 amide bonds. The molecule has 0 bridgehead atoms. The molecule has 1 atom stereocenters. The summed E-state index contributed by atoms with van der Waals surface area (Å²) in [7, 11) is 0. The summed E-state index contributed by atoms with van der Waals surface area (Å²) in [6.45, 7) is 10.2. The van der Waals surface area contributed by atoms with E-state index in [0.717, 1.165) is 23.2 Å². The Morgan fingerprint density at radius 2 is 1.79 bits per heavy atom. The van der Waals surface area contributed by atoms with Gasteiger partial charge in [-0.15, -0.1) is 5.10 Å². The van der Waals surface area contributed by atoms with Gasteiger partial charge >= 0.3 is 0 Å². The second kappa shape index (κ2) is 10.5. The summed E-state index contributed by atoms with van der Waals surface area (Å²) in [4.78, 5) is 18.4. The van der Waals surface area contributed by atoms with Gasteiger partial charge in [-0.05, 0) is 66.9 Å². The number of benzene rings is 2. The standard InChI is InChI=1S/C28H33FN6O3/c1-5-23(26-31-32-33-35(26)28(3,4)6-2)34(16-18-7-9-21(29)10-8-18)17-20-13-19-14-24-25(38-12-11-37-24)15-22(19)30-27(20)36/h7-10,13-15,23H,5-6,11-12,16-17H2,1-4H3,(H,30,36)/t23-/m0/s1. The van der Waals surface area contributed by atoms with Crippen molar-refractivity contribution in [3.05, 3.63) is 75.6 Å². The molecule has 9 nitrogen and oxygen atoms in total. The second-order valence-corrected chi connectivity index (χ2v) is 10.3. The number of nitrogens with one attached hydrogen (secondary N) is 1. The van der Waals surface area contributed by atoms with Crippen molar-refractivity contribution in [1.82, 2.24) is 30.1 Å². The monoisotopic (exact) mass is 520 g/mol. The molecule has 10 heteroatoms. The Morgan fingerprint density at radius 3 is 2.47 bits per heavy atom. The summed E-state index contributed by atoms with van der Waals surface area (Å²) in [5.74, 6) is 1.73. The van der Waals surface area contributed by atoms with Gasteiger partial charge in [0.05, 0.1) is 17.1 Å². The van der Waals surface area contributed by atoms with Crippen LogP contribution in [0.3, 0.4) is 0 Å². The van der Waals surface area contributed by atoms with E-state index in [4.69, 9.17) is 9.47 Å². The van der Waals surface area contributed by atoms with Gasteiger partial charge in [0, 0.05) is 30.1 Å². The molecule has 38 heavy (non-hydrogen) atoms. The number of pyridine rings is 1. The first kappa shape index (κ1) is 25.8. The number of fused-ring (bicyclic) bond motifs is 2. The Kier molecular flexibility index (Phi) is 7.16. The lowest BCUT2D eigenvalue weighted by molar-refractivity contribution is 0.150. The van der Waals surface area contributed by atoms with Crippen LogP contribution in [-0.2, 0) is 18.6 Å². The third kappa shape index (κ3) is 5.13. The molecule has 1 N–H and O–H groups in total. The summed E-state index contributed by atoms with van der Waals surface area (Å²) in [6, 6.07) is 11.9. The molecule has 5 rings (SSSR count). The van der Waals surface area contributed by atoms with E-state index in [2.05, 4.69) is 53.1 Å². The molecule has 0 saturated carbocycles. The van der Waals surface area contributed by atoms with Gasteiger partial charge in [-0.1, -0.05) is 26.0 Å². The molecule has 0 unspecified atom stereocenters. The number of aromatic nitrogens is 5. The fourth-order valence-corrected chi connectivity index (χ4v) is 4.81. The molecule has 0 radical (unpaired) electrons. The van der Waals surface area contributed by atoms with Gasteiger partial charge in [0.15, 0.2) is 17.3 Å². The molecular weight excluding hydrogens is 487 g/mol. The van der Waals surface area contributed by atoms with Gasteiger partial charge in [0.25, 0.3) is 5.56 Å². The summed E-state index contributed by atoms with van der Waals surface area (Å²) in [6.07, 6.45) is 1.56. The molecule has 0 saturated heterocycles. The van der Waals surface area contributed by atoms with E-state index in [1.165, 1.54) is 12.1 Å². The van der Waals surface area contributed by atoms with Crippen LogP contribution < -0.4 is 15.0 Å². The first-order chi connectivity index (χ1) is 18.3. The number of ether oxygens (including phenoxy) is 2. The topological polar surface area (TPSA) is 98.2 Å². The van der Waals surface area contributed by atoms with Crippen molar-refractivity contribution in [3.63, 3.8) is 0 Å². The zero-order valence-corrected chi connectivity index (χ0v) is 22.2. The van der Waals surface area contributed by atoms with Gasteiger partial charge in [0.2, 0.25) is 0 Å². The Labute approximate surface area is 220 Å². The highest BCUT2D eigenvalue weighted by Gasteiger charge is 2.31. The van der Waals surface area contributed by atoms with E-state index >= 15 is 0 Å². The predicted octanol–water partition coefficient (Wildman–Crippen LogP) is 4.72. The number of nitrogens with zero attached hydrogens (tertiary/aromatic N) is 5. The third-order valence-corrected chi connectivity index (χ3v) is 7.31. The SMILES string of the molecule is CC[C@@H](c1nnnn1C(C)(C)CC)N(Cc1ccc(F)cc1)Cc1cc2cc3c(cc2[nH]c1=O)OCCO3. The van der Waals surface area contributed by atoms with E-state index in [1.807, 2.05) is 16.8 Å². The summed E-state index contributed by atoms with van der Waals surface area (Å²) < 4.78 is 27.0. The van der Waals surface area contributed by atoms with Crippen LogP contribution in [0.5, 0.6) is 11.5 Å². The maximum Gasteiger partial charge on any atom is 0.252 e. The molecule has 1 aliphatic rings. The Bertz CT molecular complexity index is 1480. The van der Waals surface area contributed by atoms with E-state index in [9.17, 15) is 9.18 Å². The number of tetrazole rings is 1. The fourth-order valence-electron chi connectivity index (χ4n) is 4.81. The highest BCUT2D eigenvalue weighted by molar-refractivity contribution is 5.83. The lowest BCUT2D eigenvalue weighted by Crippen LogP contribution is -2.36. The van der Waals surface area contributed by atoms with Crippen LogP contribution in [0, 0.1) is 5.82 Å².